The minimum Gasteiger partial charge on any atom is -0.404 e. The lowest BCUT2D eigenvalue weighted by Gasteiger charge is -2.19. The van der Waals surface area contributed by atoms with Crippen LogP contribution in [0.4, 0.5) is 13.2 Å². The number of hydrogen-bond acceptors (Lipinski definition) is 4. The van der Waals surface area contributed by atoms with E-state index >= 15 is 0 Å². The van der Waals surface area contributed by atoms with Crippen molar-refractivity contribution in [2.45, 2.75) is 39.4 Å². The molecule has 0 unspecified atom stereocenters. The van der Waals surface area contributed by atoms with Crippen molar-refractivity contribution in [1.29, 1.82) is 0 Å². The van der Waals surface area contributed by atoms with Crippen LogP contribution >= 0.6 is 11.6 Å². The summed E-state index contributed by atoms with van der Waals surface area (Å²) in [7, 11) is 0. The van der Waals surface area contributed by atoms with Gasteiger partial charge in [-0.15, -0.1) is 0 Å². The first-order valence-corrected chi connectivity index (χ1v) is 11.3. The second kappa shape index (κ2) is 10.4. The molecule has 3 rings (SSSR count). The molecule has 5 N–H and O–H groups in total. The first-order valence-electron chi connectivity index (χ1n) is 10.9. The van der Waals surface area contributed by atoms with Crippen LogP contribution in [0.25, 0.3) is 11.3 Å². The van der Waals surface area contributed by atoms with Crippen LogP contribution in [0.2, 0.25) is 5.02 Å². The number of nitrogens with one attached hydrogen (secondary N) is 3. The summed E-state index contributed by atoms with van der Waals surface area (Å²) < 4.78 is 41.8. The molecule has 0 spiro atoms. The third-order valence-electron chi connectivity index (χ3n) is 5.18. The fraction of sp³-hybridized carbons (Fsp3) is 0.333. The molecule has 34 heavy (non-hydrogen) atoms. The molecular formula is C24H28ClF3N6. The molecule has 0 bridgehead atoms. The summed E-state index contributed by atoms with van der Waals surface area (Å²) in [5, 5.41) is 9.33. The number of H-pyrrole nitrogens is 2. The summed E-state index contributed by atoms with van der Waals surface area (Å²) in [5.41, 5.74) is 8.32. The number of nitrogens with zero attached hydrogens (tertiary/aromatic N) is 2. The van der Waals surface area contributed by atoms with E-state index in [1.807, 2.05) is 26.0 Å². The van der Waals surface area contributed by atoms with E-state index in [1.165, 1.54) is 0 Å². The molecule has 0 saturated carbocycles. The minimum atomic E-state index is -4.67. The van der Waals surface area contributed by atoms with E-state index in [4.69, 9.17) is 17.3 Å². The number of nitrogens with two attached hydrogens (primary N) is 1. The summed E-state index contributed by atoms with van der Waals surface area (Å²) in [4.78, 5) is 8.39. The summed E-state index contributed by atoms with van der Waals surface area (Å²) in [6.07, 6.45) is -1.59. The first kappa shape index (κ1) is 25.4. The highest BCUT2D eigenvalue weighted by molar-refractivity contribution is 6.42. The molecule has 182 valence electrons. The Bertz CT molecular complexity index is 1170. The van der Waals surface area contributed by atoms with Crippen molar-refractivity contribution in [1.82, 2.24) is 15.5 Å². The Kier molecular flexibility index (Phi) is 7.76. The second-order valence-corrected chi connectivity index (χ2v) is 8.48. The van der Waals surface area contributed by atoms with Gasteiger partial charge < -0.3 is 16.1 Å². The van der Waals surface area contributed by atoms with Crippen LogP contribution in [-0.4, -0.2) is 46.9 Å². The SMILES string of the molecule is C=C(NC(C)C)c1cccc(C2=NCC(C(=CN)C(=NCCC)C(F)(F)F)=C2c2c[nH][nH]2)c1Cl. The number of aromatic amines is 2. The number of aliphatic imine (C=N–C) groups is 2. The summed E-state index contributed by atoms with van der Waals surface area (Å²) >= 11 is 6.76. The number of benzene rings is 1. The quantitative estimate of drug-likeness (QED) is 0.349. The lowest BCUT2D eigenvalue weighted by molar-refractivity contribution is -0.0583. The van der Waals surface area contributed by atoms with E-state index in [1.54, 1.807) is 19.2 Å². The maximum Gasteiger partial charge on any atom is 0.433 e. The smallest absolute Gasteiger partial charge is 0.404 e. The number of halogens is 4. The third kappa shape index (κ3) is 5.14. The van der Waals surface area contributed by atoms with Gasteiger partial charge in [0, 0.05) is 53.0 Å². The van der Waals surface area contributed by atoms with Crippen LogP contribution in [0, 0.1) is 0 Å². The lowest BCUT2D eigenvalue weighted by Crippen LogP contribution is -2.28. The Balaban J connectivity index is 2.15. The molecule has 1 aliphatic heterocycles. The summed E-state index contributed by atoms with van der Waals surface area (Å²) in [5.74, 6) is 0. The Hall–Kier alpha value is -3.20. The zero-order valence-corrected chi connectivity index (χ0v) is 20.0. The van der Waals surface area contributed by atoms with E-state index in [0.717, 1.165) is 6.20 Å². The fourth-order valence-electron chi connectivity index (χ4n) is 3.72. The summed E-state index contributed by atoms with van der Waals surface area (Å²) in [6.45, 7) is 9.82. The van der Waals surface area contributed by atoms with Crippen LogP contribution in [0.15, 0.2) is 58.3 Å². The Morgan fingerprint density at radius 2 is 2.09 bits per heavy atom. The van der Waals surface area contributed by atoms with Crippen LogP contribution in [-0.2, 0) is 0 Å². The van der Waals surface area contributed by atoms with Crippen molar-refractivity contribution in [3.05, 3.63) is 70.2 Å². The highest BCUT2D eigenvalue weighted by Crippen LogP contribution is 2.38. The Morgan fingerprint density at radius 3 is 2.62 bits per heavy atom. The third-order valence-corrected chi connectivity index (χ3v) is 5.58. The number of hydrogen-bond donors (Lipinski definition) is 4. The van der Waals surface area contributed by atoms with Crippen molar-refractivity contribution in [3.8, 4) is 0 Å². The van der Waals surface area contributed by atoms with E-state index in [2.05, 4.69) is 32.1 Å². The molecule has 0 radical (unpaired) electrons. The van der Waals surface area contributed by atoms with Gasteiger partial charge in [-0.25, -0.2) is 0 Å². The standard InChI is InChI=1S/C24H28ClF3N6/c1-5-9-30-23(24(26,27)28)17(10-29)18-11-31-22(20(18)19-12-32-34-19)16-8-6-7-15(21(16)25)14(4)33-13(2)3/h6-8,10,12-13,32-34H,4-5,9,11,29H2,1-3H3. The van der Waals surface area contributed by atoms with Gasteiger partial charge in [-0.05, 0) is 25.8 Å². The normalized spacial score (nSPS) is 15.4. The van der Waals surface area contributed by atoms with Gasteiger partial charge in [-0.1, -0.05) is 43.3 Å². The molecule has 0 saturated heterocycles. The zero-order valence-electron chi connectivity index (χ0n) is 19.3. The van der Waals surface area contributed by atoms with Crippen LogP contribution < -0.4 is 11.1 Å². The van der Waals surface area contributed by atoms with Gasteiger partial charge >= 0.3 is 6.18 Å². The number of aromatic nitrogens is 2. The first-order chi connectivity index (χ1) is 16.1. The summed E-state index contributed by atoms with van der Waals surface area (Å²) in [6, 6.07) is 5.57. The fourth-order valence-corrected chi connectivity index (χ4v) is 4.05. The van der Waals surface area contributed by atoms with Crippen LogP contribution in [0.5, 0.6) is 0 Å². The minimum absolute atomic E-state index is 0.000306. The Morgan fingerprint density at radius 1 is 1.38 bits per heavy atom. The van der Waals surface area contributed by atoms with E-state index in [-0.39, 0.29) is 24.7 Å². The van der Waals surface area contributed by atoms with E-state index in [0.29, 0.717) is 50.8 Å². The molecule has 1 aliphatic rings. The monoisotopic (exact) mass is 492 g/mol. The van der Waals surface area contributed by atoms with Crippen molar-refractivity contribution in [2.24, 2.45) is 15.7 Å². The van der Waals surface area contributed by atoms with Gasteiger partial charge in [0.25, 0.3) is 0 Å². The molecular weight excluding hydrogens is 465 g/mol. The number of allylic oxidation sites excluding steroid dienone is 1. The molecule has 0 fully saturated rings. The van der Waals surface area contributed by atoms with Gasteiger partial charge in [-0.2, -0.15) is 13.2 Å². The van der Waals surface area contributed by atoms with Crippen molar-refractivity contribution in [3.63, 3.8) is 0 Å². The average Bonchev–Trinajstić information content (AvgIpc) is 3.12. The molecule has 6 nitrogen and oxygen atoms in total. The van der Waals surface area contributed by atoms with E-state index < -0.39 is 11.9 Å². The van der Waals surface area contributed by atoms with Crippen LogP contribution in [0.1, 0.15) is 44.0 Å². The molecule has 0 atom stereocenters. The van der Waals surface area contributed by atoms with Gasteiger partial charge in [0.15, 0.2) is 0 Å². The Labute approximate surface area is 201 Å². The average molecular weight is 493 g/mol. The zero-order chi connectivity index (χ0) is 25.0. The molecule has 0 amide bonds. The predicted octanol–water partition coefficient (Wildman–Crippen LogP) is 5.48. The highest BCUT2D eigenvalue weighted by Gasteiger charge is 2.41. The lowest BCUT2D eigenvalue weighted by atomic mass is 9.91. The van der Waals surface area contributed by atoms with Gasteiger partial charge in [0.1, 0.15) is 5.71 Å². The van der Waals surface area contributed by atoms with Crippen molar-refractivity contribution < 1.29 is 13.2 Å². The largest absolute Gasteiger partial charge is 0.433 e. The highest BCUT2D eigenvalue weighted by atomic mass is 35.5. The van der Waals surface area contributed by atoms with Crippen LogP contribution in [0.3, 0.4) is 0 Å². The van der Waals surface area contributed by atoms with Crippen molar-refractivity contribution >= 4 is 34.3 Å². The molecule has 1 aromatic carbocycles. The molecule has 2 heterocycles. The maximum absolute atomic E-state index is 13.9. The van der Waals surface area contributed by atoms with Crippen molar-refractivity contribution in [2.75, 3.05) is 13.1 Å². The number of rotatable bonds is 9. The second-order valence-electron chi connectivity index (χ2n) is 8.10. The number of alkyl halides is 3. The molecule has 2 aromatic rings. The van der Waals surface area contributed by atoms with Gasteiger partial charge in [0.05, 0.1) is 23.0 Å². The predicted molar refractivity (Wildman–Crippen MR) is 133 cm³/mol. The topological polar surface area (TPSA) is 94.3 Å². The molecule has 1 aromatic heterocycles. The molecule has 10 heteroatoms. The van der Waals surface area contributed by atoms with Gasteiger partial charge in [0.2, 0.25) is 0 Å². The maximum atomic E-state index is 13.9. The molecule has 0 aliphatic carbocycles. The van der Waals surface area contributed by atoms with E-state index in [9.17, 15) is 13.2 Å². The van der Waals surface area contributed by atoms with Gasteiger partial charge in [-0.3, -0.25) is 15.1 Å².